The summed E-state index contributed by atoms with van der Waals surface area (Å²) in [4.78, 5) is 25.8. The first-order valence-electron chi connectivity index (χ1n) is 2.07. The second-order valence-corrected chi connectivity index (χ2v) is 1.76. The number of nitrogens with one attached hydrogen (secondary N) is 1. The van der Waals surface area contributed by atoms with E-state index in [9.17, 15) is 9.59 Å². The van der Waals surface area contributed by atoms with Crippen LogP contribution in [-0.4, -0.2) is 13.9 Å². The topological polar surface area (TPSA) is 67.8 Å². The molecule has 0 fully saturated rings. The Morgan fingerprint density at radius 2 is 2.33 bits per heavy atom. The van der Waals surface area contributed by atoms with Gasteiger partial charge in [-0.1, -0.05) is 12.8 Å². The van der Waals surface area contributed by atoms with Gasteiger partial charge < -0.3 is 0 Å². The molecular formula is C3H3N3O2S. The predicted octanol–water partition coefficient (Wildman–Crippen LogP) is -1.38. The monoisotopic (exact) mass is 145 g/mol. The number of nitrogens with zero attached hydrogens (tertiary/aromatic N) is 2. The zero-order chi connectivity index (χ0) is 6.85. The molecule has 0 aliphatic carbocycles. The molecule has 6 heteroatoms. The van der Waals surface area contributed by atoms with E-state index in [0.717, 1.165) is 10.3 Å². The molecule has 5 nitrogen and oxygen atoms in total. The van der Waals surface area contributed by atoms with Gasteiger partial charge in [-0.15, -0.1) is 0 Å². The highest BCUT2D eigenvalue weighted by Gasteiger charge is 1.87. The molecule has 0 saturated carbocycles. The Morgan fingerprint density at radius 3 is 2.78 bits per heavy atom. The van der Waals surface area contributed by atoms with Crippen molar-refractivity contribution in [1.82, 2.24) is 13.9 Å². The Balaban J connectivity index is 3.52. The average Bonchev–Trinajstić information content (AvgIpc) is 1.80. The van der Waals surface area contributed by atoms with Crippen LogP contribution in [0, 0.1) is 0 Å². The first-order chi connectivity index (χ1) is 4.20. The molecule has 9 heavy (non-hydrogen) atoms. The third kappa shape index (κ3) is 1.20. The van der Waals surface area contributed by atoms with Crippen LogP contribution in [-0.2, 0) is 0 Å². The fourth-order valence-corrected chi connectivity index (χ4v) is 0.442. The standard InChI is InChI=1S/C3H3N3O2S/c7-2-4-1-6(9)3(8)5-2/h1,9H,(H,5,7,8). The maximum Gasteiger partial charge on any atom is 0.350 e. The SMILES string of the molecule is O=c1ncn(S)c(=O)[nH]1. The van der Waals surface area contributed by atoms with E-state index in [1.807, 2.05) is 4.98 Å². The van der Waals surface area contributed by atoms with Crippen molar-refractivity contribution in [2.24, 2.45) is 0 Å². The van der Waals surface area contributed by atoms with Crippen LogP contribution in [0.15, 0.2) is 15.9 Å². The van der Waals surface area contributed by atoms with Gasteiger partial charge in [0.25, 0.3) is 0 Å². The lowest BCUT2D eigenvalue weighted by Crippen LogP contribution is -2.27. The second-order valence-electron chi connectivity index (χ2n) is 1.32. The highest BCUT2D eigenvalue weighted by atomic mass is 32.1. The smallest absolute Gasteiger partial charge is 0.257 e. The van der Waals surface area contributed by atoms with Gasteiger partial charge in [-0.05, 0) is 0 Å². The van der Waals surface area contributed by atoms with Crippen LogP contribution in [0.25, 0.3) is 0 Å². The van der Waals surface area contributed by atoms with Gasteiger partial charge in [0.1, 0.15) is 6.33 Å². The summed E-state index contributed by atoms with van der Waals surface area (Å²) >= 11 is 3.62. The van der Waals surface area contributed by atoms with E-state index in [-0.39, 0.29) is 0 Å². The van der Waals surface area contributed by atoms with Crippen LogP contribution < -0.4 is 11.4 Å². The molecule has 1 rings (SSSR count). The van der Waals surface area contributed by atoms with Gasteiger partial charge in [0.05, 0.1) is 0 Å². The molecule has 1 aromatic heterocycles. The molecule has 1 N–H and O–H groups in total. The van der Waals surface area contributed by atoms with Crippen LogP contribution in [0.2, 0.25) is 0 Å². The highest BCUT2D eigenvalue weighted by Crippen LogP contribution is 1.68. The average molecular weight is 145 g/mol. The number of aromatic nitrogens is 3. The molecule has 0 bridgehead atoms. The van der Waals surface area contributed by atoms with Gasteiger partial charge in [0.15, 0.2) is 0 Å². The summed E-state index contributed by atoms with van der Waals surface area (Å²) < 4.78 is 0.876. The molecule has 0 amide bonds. The molecular weight excluding hydrogens is 142 g/mol. The maximum atomic E-state index is 10.4. The minimum absolute atomic E-state index is 0.585. The van der Waals surface area contributed by atoms with E-state index < -0.39 is 11.4 Å². The number of H-pyrrole nitrogens is 1. The van der Waals surface area contributed by atoms with E-state index in [4.69, 9.17) is 0 Å². The van der Waals surface area contributed by atoms with E-state index in [1.54, 1.807) is 0 Å². The highest BCUT2D eigenvalue weighted by molar-refractivity contribution is 7.78. The van der Waals surface area contributed by atoms with Crippen LogP contribution in [0.1, 0.15) is 0 Å². The number of thiol groups is 1. The predicted molar refractivity (Wildman–Crippen MR) is 33.5 cm³/mol. The number of hydrogen-bond donors (Lipinski definition) is 2. The normalized spacial score (nSPS) is 9.44. The third-order valence-corrected chi connectivity index (χ3v) is 0.991. The van der Waals surface area contributed by atoms with Crippen molar-refractivity contribution in [3.63, 3.8) is 0 Å². The second kappa shape index (κ2) is 2.06. The summed E-state index contributed by atoms with van der Waals surface area (Å²) in [5, 5.41) is 0. The summed E-state index contributed by atoms with van der Waals surface area (Å²) in [6.07, 6.45) is 1.03. The van der Waals surface area contributed by atoms with Crippen LogP contribution >= 0.6 is 12.8 Å². The number of aromatic amines is 1. The molecule has 0 radical (unpaired) electrons. The van der Waals surface area contributed by atoms with Crippen molar-refractivity contribution in [2.75, 3.05) is 0 Å². The first kappa shape index (κ1) is 6.09. The molecule has 0 atom stereocenters. The van der Waals surface area contributed by atoms with Gasteiger partial charge in [-0.3, -0.25) is 4.98 Å². The first-order valence-corrected chi connectivity index (χ1v) is 2.47. The Morgan fingerprint density at radius 1 is 1.67 bits per heavy atom. The van der Waals surface area contributed by atoms with Crippen molar-refractivity contribution in [3.05, 3.63) is 27.3 Å². The largest absolute Gasteiger partial charge is 0.350 e. The van der Waals surface area contributed by atoms with Gasteiger partial charge in [0, 0.05) is 0 Å². The molecule has 0 aliphatic rings. The van der Waals surface area contributed by atoms with E-state index >= 15 is 0 Å². The quantitative estimate of drug-likeness (QED) is 0.442. The Bertz CT molecular complexity index is 313. The Hall–Kier alpha value is -1.04. The molecule has 0 unspecified atom stereocenters. The molecule has 0 aliphatic heterocycles. The fraction of sp³-hybridized carbons (Fsp3) is 0. The molecule has 0 saturated heterocycles. The third-order valence-electron chi connectivity index (χ3n) is 0.706. The molecule has 1 heterocycles. The van der Waals surface area contributed by atoms with Crippen molar-refractivity contribution in [3.8, 4) is 0 Å². The van der Waals surface area contributed by atoms with Gasteiger partial charge in [-0.25, -0.2) is 13.6 Å². The number of rotatable bonds is 0. The van der Waals surface area contributed by atoms with Crippen molar-refractivity contribution >= 4 is 12.8 Å². The minimum Gasteiger partial charge on any atom is -0.257 e. The lowest BCUT2D eigenvalue weighted by Gasteiger charge is -1.86. The van der Waals surface area contributed by atoms with Crippen LogP contribution in [0.4, 0.5) is 0 Å². The van der Waals surface area contributed by atoms with E-state index in [2.05, 4.69) is 17.8 Å². The molecule has 0 aromatic carbocycles. The Labute approximate surface area is 54.9 Å². The summed E-state index contributed by atoms with van der Waals surface area (Å²) in [5.41, 5.74) is -1.25. The fourth-order valence-electron chi connectivity index (χ4n) is 0.341. The van der Waals surface area contributed by atoms with Crippen LogP contribution in [0.3, 0.4) is 0 Å². The van der Waals surface area contributed by atoms with Gasteiger partial charge in [0.2, 0.25) is 0 Å². The van der Waals surface area contributed by atoms with Crippen molar-refractivity contribution < 1.29 is 0 Å². The van der Waals surface area contributed by atoms with Gasteiger partial charge >= 0.3 is 11.4 Å². The maximum absolute atomic E-state index is 10.4. The summed E-state index contributed by atoms with van der Waals surface area (Å²) in [6, 6.07) is 0. The summed E-state index contributed by atoms with van der Waals surface area (Å²) in [6.45, 7) is 0. The molecule has 1 aromatic rings. The lowest BCUT2D eigenvalue weighted by molar-refractivity contribution is 0.902. The summed E-state index contributed by atoms with van der Waals surface area (Å²) in [7, 11) is 0. The van der Waals surface area contributed by atoms with Crippen LogP contribution in [0.5, 0.6) is 0 Å². The molecule has 48 valence electrons. The Kier molecular flexibility index (Phi) is 1.39. The summed E-state index contributed by atoms with van der Waals surface area (Å²) in [5.74, 6) is 0. The van der Waals surface area contributed by atoms with E-state index in [1.165, 1.54) is 0 Å². The van der Waals surface area contributed by atoms with E-state index in [0.29, 0.717) is 0 Å². The number of hydrogen-bond acceptors (Lipinski definition) is 4. The molecule has 0 spiro atoms. The van der Waals surface area contributed by atoms with Crippen molar-refractivity contribution in [1.29, 1.82) is 0 Å². The zero-order valence-corrected chi connectivity index (χ0v) is 5.13. The lowest BCUT2D eigenvalue weighted by atomic mass is 11.0. The zero-order valence-electron chi connectivity index (χ0n) is 4.24. The van der Waals surface area contributed by atoms with Gasteiger partial charge in [-0.2, -0.15) is 4.98 Å². The minimum atomic E-state index is -0.662. The van der Waals surface area contributed by atoms with Crippen molar-refractivity contribution in [2.45, 2.75) is 0 Å².